The van der Waals surface area contributed by atoms with Crippen molar-refractivity contribution in [2.75, 3.05) is 5.32 Å². The summed E-state index contributed by atoms with van der Waals surface area (Å²) in [6.07, 6.45) is 2.26. The minimum Gasteiger partial charge on any atom is -0.359 e. The molecule has 0 radical (unpaired) electrons. The first-order valence-corrected chi connectivity index (χ1v) is 6.33. The number of hydrogen-bond donors (Lipinski definition) is 1. The molecule has 2 nitrogen and oxygen atoms in total. The molecule has 4 heteroatoms. The molecule has 1 N–H and O–H groups in total. The van der Waals surface area contributed by atoms with Gasteiger partial charge in [0.25, 0.3) is 0 Å². The summed E-state index contributed by atoms with van der Waals surface area (Å²) in [4.78, 5) is 4.36. The number of aromatic nitrogens is 1. The minimum absolute atomic E-state index is 0.231. The molecule has 0 saturated heterocycles. The average molecular weight is 238 g/mol. The van der Waals surface area contributed by atoms with E-state index < -0.39 is 0 Å². The Balaban J connectivity index is 2.19. The van der Waals surface area contributed by atoms with Crippen LogP contribution >= 0.6 is 11.3 Å². The zero-order valence-corrected chi connectivity index (χ0v) is 10.3. The highest BCUT2D eigenvalue weighted by atomic mass is 32.1. The summed E-state index contributed by atoms with van der Waals surface area (Å²) >= 11 is 1.57. The van der Waals surface area contributed by atoms with Crippen LogP contribution < -0.4 is 5.32 Å². The molecule has 0 amide bonds. The fourth-order valence-corrected chi connectivity index (χ4v) is 2.64. The van der Waals surface area contributed by atoms with Gasteiger partial charge in [0, 0.05) is 12.1 Å². The number of anilines is 1. The zero-order valence-electron chi connectivity index (χ0n) is 9.46. The van der Waals surface area contributed by atoms with Crippen LogP contribution in [0.15, 0.2) is 18.2 Å². The lowest BCUT2D eigenvalue weighted by Crippen LogP contribution is -2.13. The summed E-state index contributed by atoms with van der Waals surface area (Å²) in [7, 11) is 0. The highest BCUT2D eigenvalue weighted by molar-refractivity contribution is 7.22. The average Bonchev–Trinajstić information content (AvgIpc) is 2.59. The Hall–Kier alpha value is -1.16. The molecule has 1 aromatic heterocycles. The van der Waals surface area contributed by atoms with E-state index in [1.54, 1.807) is 17.4 Å². The van der Waals surface area contributed by atoms with Gasteiger partial charge in [-0.05, 0) is 25.5 Å². The molecule has 0 aliphatic rings. The summed E-state index contributed by atoms with van der Waals surface area (Å²) in [5, 5.41) is 4.21. The molecule has 16 heavy (non-hydrogen) atoms. The van der Waals surface area contributed by atoms with E-state index in [0.717, 1.165) is 28.2 Å². The molecule has 0 bridgehead atoms. The van der Waals surface area contributed by atoms with Gasteiger partial charge in [-0.2, -0.15) is 0 Å². The SMILES string of the molecule is CCCC(C)Nc1nc2cc(F)ccc2s1. The van der Waals surface area contributed by atoms with Crippen LogP contribution in [-0.2, 0) is 0 Å². The predicted molar refractivity (Wildman–Crippen MR) is 67.6 cm³/mol. The maximum atomic E-state index is 13.0. The lowest BCUT2D eigenvalue weighted by atomic mass is 10.2. The second kappa shape index (κ2) is 4.78. The number of halogens is 1. The van der Waals surface area contributed by atoms with Gasteiger partial charge >= 0.3 is 0 Å². The maximum Gasteiger partial charge on any atom is 0.184 e. The Kier molecular flexibility index (Phi) is 3.39. The van der Waals surface area contributed by atoms with Gasteiger partial charge in [-0.3, -0.25) is 0 Å². The smallest absolute Gasteiger partial charge is 0.184 e. The van der Waals surface area contributed by atoms with Gasteiger partial charge in [-0.1, -0.05) is 24.7 Å². The van der Waals surface area contributed by atoms with Crippen molar-refractivity contribution in [1.29, 1.82) is 0 Å². The van der Waals surface area contributed by atoms with Crippen molar-refractivity contribution < 1.29 is 4.39 Å². The zero-order chi connectivity index (χ0) is 11.5. The van der Waals surface area contributed by atoms with Crippen LogP contribution in [0.3, 0.4) is 0 Å². The lowest BCUT2D eigenvalue weighted by Gasteiger charge is -2.10. The Morgan fingerprint density at radius 2 is 2.31 bits per heavy atom. The molecule has 0 fully saturated rings. The molecule has 0 aliphatic carbocycles. The fourth-order valence-electron chi connectivity index (χ4n) is 1.68. The maximum absolute atomic E-state index is 13.0. The Labute approximate surface area is 98.5 Å². The van der Waals surface area contributed by atoms with Crippen LogP contribution in [0.25, 0.3) is 10.2 Å². The lowest BCUT2D eigenvalue weighted by molar-refractivity contribution is 0.629. The Morgan fingerprint density at radius 3 is 3.06 bits per heavy atom. The molecular formula is C12H15FN2S. The van der Waals surface area contributed by atoms with Gasteiger partial charge in [0.05, 0.1) is 10.2 Å². The quantitative estimate of drug-likeness (QED) is 0.869. The van der Waals surface area contributed by atoms with Crippen LogP contribution in [-0.4, -0.2) is 11.0 Å². The number of thiazole rings is 1. The normalized spacial score (nSPS) is 12.9. The standard InChI is InChI=1S/C12H15FN2S/c1-3-4-8(2)14-12-15-10-7-9(13)5-6-11(10)16-12/h5-8H,3-4H2,1-2H3,(H,14,15). The summed E-state index contributed by atoms with van der Waals surface area (Å²) in [5.41, 5.74) is 0.733. The van der Waals surface area contributed by atoms with Crippen LogP contribution in [0, 0.1) is 5.82 Å². The van der Waals surface area contributed by atoms with E-state index in [1.165, 1.54) is 12.1 Å². The molecule has 1 heterocycles. The molecule has 1 atom stereocenters. The number of fused-ring (bicyclic) bond motifs is 1. The molecular weight excluding hydrogens is 223 g/mol. The summed E-state index contributed by atoms with van der Waals surface area (Å²) < 4.78 is 14.0. The van der Waals surface area contributed by atoms with Crippen molar-refractivity contribution >= 4 is 26.7 Å². The van der Waals surface area contributed by atoms with Crippen LogP contribution in [0.2, 0.25) is 0 Å². The van der Waals surface area contributed by atoms with Crippen LogP contribution in [0.4, 0.5) is 9.52 Å². The highest BCUT2D eigenvalue weighted by Gasteiger charge is 2.07. The number of nitrogens with zero attached hydrogens (tertiary/aromatic N) is 1. The van der Waals surface area contributed by atoms with E-state index >= 15 is 0 Å². The third kappa shape index (κ3) is 2.50. The van der Waals surface area contributed by atoms with Gasteiger partial charge in [0.1, 0.15) is 5.82 Å². The van der Waals surface area contributed by atoms with Crippen molar-refractivity contribution in [1.82, 2.24) is 4.98 Å². The van der Waals surface area contributed by atoms with E-state index in [4.69, 9.17) is 0 Å². The van der Waals surface area contributed by atoms with Gasteiger partial charge in [0.2, 0.25) is 0 Å². The molecule has 0 spiro atoms. The van der Waals surface area contributed by atoms with Crippen molar-refractivity contribution in [2.24, 2.45) is 0 Å². The van der Waals surface area contributed by atoms with Gasteiger partial charge in [0.15, 0.2) is 5.13 Å². The van der Waals surface area contributed by atoms with Crippen molar-refractivity contribution in [3.05, 3.63) is 24.0 Å². The number of nitrogens with one attached hydrogen (secondary N) is 1. The third-order valence-corrected chi connectivity index (χ3v) is 3.41. The first kappa shape index (κ1) is 11.3. The number of hydrogen-bond acceptors (Lipinski definition) is 3. The van der Waals surface area contributed by atoms with E-state index in [1.807, 2.05) is 0 Å². The van der Waals surface area contributed by atoms with Crippen LogP contribution in [0.5, 0.6) is 0 Å². The summed E-state index contributed by atoms with van der Waals surface area (Å²) in [5.74, 6) is -0.231. The number of benzene rings is 1. The minimum atomic E-state index is -0.231. The third-order valence-electron chi connectivity index (χ3n) is 2.44. The fraction of sp³-hybridized carbons (Fsp3) is 0.417. The molecule has 0 aliphatic heterocycles. The molecule has 2 rings (SSSR count). The van der Waals surface area contributed by atoms with Gasteiger partial charge in [-0.15, -0.1) is 0 Å². The van der Waals surface area contributed by atoms with Crippen molar-refractivity contribution in [3.8, 4) is 0 Å². The summed E-state index contributed by atoms with van der Waals surface area (Å²) in [6.45, 7) is 4.29. The van der Waals surface area contributed by atoms with Crippen LogP contribution in [0.1, 0.15) is 26.7 Å². The molecule has 2 aromatic rings. The highest BCUT2D eigenvalue weighted by Crippen LogP contribution is 2.27. The number of rotatable bonds is 4. The van der Waals surface area contributed by atoms with Crippen molar-refractivity contribution in [2.45, 2.75) is 32.7 Å². The predicted octanol–water partition coefficient (Wildman–Crippen LogP) is 4.04. The Bertz CT molecular complexity index is 481. The van der Waals surface area contributed by atoms with Crippen molar-refractivity contribution in [3.63, 3.8) is 0 Å². The Morgan fingerprint density at radius 1 is 1.50 bits per heavy atom. The van der Waals surface area contributed by atoms with E-state index in [2.05, 4.69) is 24.1 Å². The first-order chi connectivity index (χ1) is 7.69. The van der Waals surface area contributed by atoms with E-state index in [9.17, 15) is 4.39 Å². The second-order valence-corrected chi connectivity index (χ2v) is 5.00. The monoisotopic (exact) mass is 238 g/mol. The summed E-state index contributed by atoms with van der Waals surface area (Å²) in [6, 6.07) is 5.13. The first-order valence-electron chi connectivity index (χ1n) is 5.51. The van der Waals surface area contributed by atoms with E-state index in [-0.39, 0.29) is 5.82 Å². The van der Waals surface area contributed by atoms with E-state index in [0.29, 0.717) is 6.04 Å². The van der Waals surface area contributed by atoms with Gasteiger partial charge in [-0.25, -0.2) is 9.37 Å². The van der Waals surface area contributed by atoms with Gasteiger partial charge < -0.3 is 5.32 Å². The molecule has 1 unspecified atom stereocenters. The largest absolute Gasteiger partial charge is 0.359 e. The topological polar surface area (TPSA) is 24.9 Å². The second-order valence-electron chi connectivity index (χ2n) is 3.97. The molecule has 86 valence electrons. The molecule has 1 aromatic carbocycles. The molecule has 0 saturated carbocycles.